The first-order valence-corrected chi connectivity index (χ1v) is 13.7. The zero-order chi connectivity index (χ0) is 29.3. The summed E-state index contributed by atoms with van der Waals surface area (Å²) in [5.41, 5.74) is 14.7. The minimum Gasteiger partial charge on any atom is -0.366 e. The maximum Gasteiger partial charge on any atom is 0.248 e. The highest BCUT2D eigenvalue weighted by molar-refractivity contribution is 5.94. The number of tetrazole rings is 1. The van der Waals surface area contributed by atoms with Crippen LogP contribution in [-0.2, 0) is 30.1 Å². The molecule has 2 aliphatic rings. The van der Waals surface area contributed by atoms with Crippen LogP contribution in [0, 0.1) is 11.3 Å². The fourth-order valence-electron chi connectivity index (χ4n) is 6.26. The van der Waals surface area contributed by atoms with Gasteiger partial charge in [0.05, 0.1) is 25.1 Å². The maximum absolute atomic E-state index is 13.0. The van der Waals surface area contributed by atoms with Gasteiger partial charge in [-0.25, -0.2) is 0 Å². The number of aryl methyl sites for hydroxylation is 3. The lowest BCUT2D eigenvalue weighted by molar-refractivity contribution is -0.130. The number of nitrogens with one attached hydrogen (secondary N) is 1. The number of nitrogens with zero attached hydrogens (tertiary/aromatic N) is 6. The molecule has 1 aliphatic carbocycles. The van der Waals surface area contributed by atoms with Crippen LogP contribution in [0.15, 0.2) is 36.4 Å². The Balaban J connectivity index is 1.61. The van der Waals surface area contributed by atoms with Crippen LogP contribution >= 0.6 is 0 Å². The number of nitrogens with two attached hydrogens (primary N) is 2. The Hall–Kier alpha value is -4.63. The van der Waals surface area contributed by atoms with E-state index in [0.717, 1.165) is 28.7 Å². The van der Waals surface area contributed by atoms with Crippen molar-refractivity contribution in [2.45, 2.75) is 56.5 Å². The number of benzene rings is 2. The summed E-state index contributed by atoms with van der Waals surface area (Å²) in [6.07, 6.45) is 3.10. The molecular weight excluding hydrogens is 522 g/mol. The van der Waals surface area contributed by atoms with Crippen molar-refractivity contribution in [1.29, 1.82) is 5.26 Å². The van der Waals surface area contributed by atoms with Gasteiger partial charge in [-0.15, -0.1) is 10.2 Å². The number of fused-ring (bicyclic) bond motifs is 2. The third-order valence-electron chi connectivity index (χ3n) is 8.19. The first kappa shape index (κ1) is 27.9. The van der Waals surface area contributed by atoms with E-state index in [1.165, 1.54) is 4.80 Å². The highest BCUT2D eigenvalue weighted by atomic mass is 16.2. The molecule has 0 radical (unpaired) electrons. The molecule has 2 aromatic carbocycles. The van der Waals surface area contributed by atoms with Crippen LogP contribution in [0.4, 0.5) is 0 Å². The van der Waals surface area contributed by atoms with Gasteiger partial charge in [-0.05, 0) is 90.8 Å². The van der Waals surface area contributed by atoms with E-state index < -0.39 is 23.3 Å². The molecule has 1 aliphatic heterocycles. The van der Waals surface area contributed by atoms with Crippen LogP contribution in [0.3, 0.4) is 0 Å². The van der Waals surface area contributed by atoms with Crippen molar-refractivity contribution in [3.05, 3.63) is 75.6 Å². The van der Waals surface area contributed by atoms with Crippen molar-refractivity contribution < 1.29 is 14.4 Å². The predicted octanol–water partition coefficient (Wildman–Crippen LogP) is 0.724. The lowest BCUT2D eigenvalue weighted by Gasteiger charge is -2.36. The van der Waals surface area contributed by atoms with Gasteiger partial charge in [-0.2, -0.15) is 10.1 Å². The summed E-state index contributed by atoms with van der Waals surface area (Å²) in [5.74, 6) is -0.724. The number of primary amides is 2. The van der Waals surface area contributed by atoms with Crippen molar-refractivity contribution in [3.8, 4) is 6.07 Å². The Morgan fingerprint density at radius 3 is 2.22 bits per heavy atom. The van der Waals surface area contributed by atoms with Crippen molar-refractivity contribution >= 4 is 17.7 Å². The molecule has 0 spiro atoms. The van der Waals surface area contributed by atoms with Gasteiger partial charge in [0.1, 0.15) is 6.04 Å². The van der Waals surface area contributed by atoms with Crippen LogP contribution < -0.4 is 16.8 Å². The van der Waals surface area contributed by atoms with Crippen molar-refractivity contribution in [3.63, 3.8) is 0 Å². The number of nitriles is 1. The molecule has 0 bridgehead atoms. The number of hydrogen-bond donors (Lipinski definition) is 3. The third-order valence-corrected chi connectivity index (χ3v) is 8.19. The number of amides is 3. The van der Waals surface area contributed by atoms with E-state index in [-0.39, 0.29) is 18.5 Å². The monoisotopic (exact) mass is 555 g/mol. The van der Waals surface area contributed by atoms with Crippen LogP contribution in [0.5, 0.6) is 0 Å². The summed E-state index contributed by atoms with van der Waals surface area (Å²) in [5, 5.41) is 26.1. The lowest BCUT2D eigenvalue weighted by Crippen LogP contribution is -2.45. The molecule has 2 heterocycles. The average Bonchev–Trinajstić information content (AvgIpc) is 3.60. The Morgan fingerprint density at radius 1 is 1.10 bits per heavy atom. The minimum absolute atomic E-state index is 0.0737. The molecule has 41 heavy (non-hydrogen) atoms. The molecule has 1 fully saturated rings. The molecule has 0 unspecified atom stereocenters. The standard InChI is InChI=1S/C29H33N9O3/c1-17(33-16-25(39)38-11-3-4-22(38)15-30)14-29(28-34-36-37(2)35-28)23-9-7-20(26(31)40)12-18(23)5-6-19-13-21(27(32)41)8-10-24(19)29/h7-10,12-13,17,22,33H,3-6,11,14,16H2,1-2H3,(H2,31,40)(H2,32,41)/t17-,22-/m0/s1. The molecule has 1 saturated heterocycles. The molecule has 3 aromatic rings. The van der Waals surface area contributed by atoms with Crippen molar-refractivity contribution in [2.75, 3.05) is 13.1 Å². The van der Waals surface area contributed by atoms with E-state index >= 15 is 0 Å². The molecular formula is C29H33N9O3. The lowest BCUT2D eigenvalue weighted by atomic mass is 9.67. The zero-order valence-electron chi connectivity index (χ0n) is 23.1. The minimum atomic E-state index is -0.944. The fraction of sp³-hybridized carbons (Fsp3) is 0.414. The topological polar surface area (TPSA) is 186 Å². The normalized spacial score (nSPS) is 18.1. The van der Waals surface area contributed by atoms with Gasteiger partial charge in [0.15, 0.2) is 5.82 Å². The molecule has 3 amide bonds. The number of hydrogen-bond acceptors (Lipinski definition) is 8. The van der Waals surface area contributed by atoms with Gasteiger partial charge >= 0.3 is 0 Å². The summed E-state index contributed by atoms with van der Waals surface area (Å²) >= 11 is 0. The number of aromatic nitrogens is 4. The second-order valence-corrected chi connectivity index (χ2v) is 10.8. The quantitative estimate of drug-likeness (QED) is 0.363. The fourth-order valence-corrected chi connectivity index (χ4v) is 6.26. The molecule has 1 aromatic heterocycles. The predicted molar refractivity (Wildman–Crippen MR) is 148 cm³/mol. The summed E-state index contributed by atoms with van der Waals surface area (Å²) in [6.45, 7) is 2.63. The Bertz CT molecular complexity index is 1490. The Labute approximate surface area is 237 Å². The van der Waals surface area contributed by atoms with E-state index in [1.54, 1.807) is 36.2 Å². The van der Waals surface area contributed by atoms with Crippen molar-refractivity contribution in [1.82, 2.24) is 30.4 Å². The second kappa shape index (κ2) is 11.1. The van der Waals surface area contributed by atoms with E-state index in [9.17, 15) is 19.6 Å². The van der Waals surface area contributed by atoms with Crippen LogP contribution in [0.2, 0.25) is 0 Å². The van der Waals surface area contributed by atoms with Gasteiger partial charge in [-0.3, -0.25) is 14.4 Å². The molecule has 212 valence electrons. The third kappa shape index (κ3) is 5.16. The largest absolute Gasteiger partial charge is 0.366 e. The number of likely N-dealkylation sites (tertiary alicyclic amines) is 1. The van der Waals surface area contributed by atoms with Gasteiger partial charge in [0, 0.05) is 23.7 Å². The van der Waals surface area contributed by atoms with E-state index in [1.807, 2.05) is 19.1 Å². The molecule has 0 saturated carbocycles. The first-order valence-electron chi connectivity index (χ1n) is 13.7. The van der Waals surface area contributed by atoms with Crippen molar-refractivity contribution in [2.24, 2.45) is 18.5 Å². The average molecular weight is 556 g/mol. The summed E-state index contributed by atoms with van der Waals surface area (Å²) in [4.78, 5) is 40.2. The Kier molecular flexibility index (Phi) is 7.55. The van der Waals surface area contributed by atoms with Crippen LogP contribution in [0.25, 0.3) is 0 Å². The van der Waals surface area contributed by atoms with E-state index in [2.05, 4.69) is 26.8 Å². The smallest absolute Gasteiger partial charge is 0.248 e. The highest BCUT2D eigenvalue weighted by Crippen LogP contribution is 2.47. The summed E-state index contributed by atoms with van der Waals surface area (Å²) in [7, 11) is 1.69. The molecule has 12 nitrogen and oxygen atoms in total. The van der Waals surface area contributed by atoms with Crippen LogP contribution in [-0.4, -0.2) is 68.0 Å². The summed E-state index contributed by atoms with van der Waals surface area (Å²) < 4.78 is 0. The molecule has 2 atom stereocenters. The molecule has 5 rings (SSSR count). The van der Waals surface area contributed by atoms with Gasteiger partial charge in [-0.1, -0.05) is 12.1 Å². The van der Waals surface area contributed by atoms with Gasteiger partial charge in [0.25, 0.3) is 0 Å². The maximum atomic E-state index is 13.0. The molecule has 5 N–H and O–H groups in total. The first-order chi connectivity index (χ1) is 19.6. The van der Waals surface area contributed by atoms with Gasteiger partial charge < -0.3 is 21.7 Å². The number of carbonyl (C=O) groups is 3. The van der Waals surface area contributed by atoms with Gasteiger partial charge in [0.2, 0.25) is 17.7 Å². The SMILES string of the molecule is C[C@@H](CC1(c2nnn(C)n2)c2ccc(C(N)=O)cc2CCc2cc(C(N)=O)ccc21)NCC(=O)N1CCC[C@H]1C#N. The summed E-state index contributed by atoms with van der Waals surface area (Å²) in [6, 6.07) is 12.4. The van der Waals surface area contributed by atoms with E-state index in [0.29, 0.717) is 49.2 Å². The number of carbonyl (C=O) groups excluding carboxylic acids is 3. The van der Waals surface area contributed by atoms with Crippen LogP contribution in [0.1, 0.15) is 75.0 Å². The van der Waals surface area contributed by atoms with E-state index in [4.69, 9.17) is 11.5 Å². The highest BCUT2D eigenvalue weighted by Gasteiger charge is 2.46. The Morgan fingerprint density at radius 2 is 1.71 bits per heavy atom. The number of rotatable bonds is 8. The second-order valence-electron chi connectivity index (χ2n) is 10.8. The zero-order valence-corrected chi connectivity index (χ0v) is 23.1. The molecule has 12 heteroatoms.